The van der Waals surface area contributed by atoms with E-state index < -0.39 is 0 Å². The van der Waals surface area contributed by atoms with Crippen LogP contribution in [0.1, 0.15) is 18.2 Å². The van der Waals surface area contributed by atoms with Gasteiger partial charge in [0.15, 0.2) is 0 Å². The molecule has 0 fully saturated rings. The highest BCUT2D eigenvalue weighted by Crippen LogP contribution is 2.29. The summed E-state index contributed by atoms with van der Waals surface area (Å²) < 4.78 is 5.52. The second-order valence-electron chi connectivity index (χ2n) is 3.25. The molecule has 1 aromatic carbocycles. The van der Waals surface area contributed by atoms with E-state index in [2.05, 4.69) is 0 Å². The lowest BCUT2D eigenvalue weighted by Gasteiger charge is -1.91. The van der Waals surface area contributed by atoms with Gasteiger partial charge in [-0.1, -0.05) is 12.2 Å². The molecular formula is C12H12O2. The minimum Gasteiger partial charge on any atom is -0.508 e. The summed E-state index contributed by atoms with van der Waals surface area (Å²) in [5, 5.41) is 10.3. The number of phenols is 1. The molecule has 2 nitrogen and oxygen atoms in total. The molecule has 72 valence electrons. The van der Waals surface area contributed by atoms with E-state index in [4.69, 9.17) is 4.42 Å². The molecule has 2 rings (SSSR count). The second kappa shape index (κ2) is 3.22. The van der Waals surface area contributed by atoms with E-state index >= 15 is 0 Å². The number of benzene rings is 1. The number of phenolic OH excluding ortho intramolecular Hbond substituents is 1. The molecule has 0 saturated heterocycles. The standard InChI is InChI=1S/C12H12O2/c1-3-4-10-8(2)14-12-7-9(13)5-6-11(10)12/h3-7,13H,1-2H3/b4-3-. The van der Waals surface area contributed by atoms with Crippen LogP contribution in [0, 0.1) is 6.92 Å². The van der Waals surface area contributed by atoms with Crippen LogP contribution in [-0.2, 0) is 0 Å². The molecule has 0 amide bonds. The number of aryl methyl sites for hydroxylation is 1. The first kappa shape index (κ1) is 8.88. The zero-order valence-electron chi connectivity index (χ0n) is 8.24. The van der Waals surface area contributed by atoms with Crippen LogP contribution in [0.3, 0.4) is 0 Å². The second-order valence-corrected chi connectivity index (χ2v) is 3.25. The van der Waals surface area contributed by atoms with E-state index in [0.717, 1.165) is 22.3 Å². The normalized spacial score (nSPS) is 11.6. The van der Waals surface area contributed by atoms with Crippen molar-refractivity contribution in [3.63, 3.8) is 0 Å². The van der Waals surface area contributed by atoms with Gasteiger partial charge in [0.1, 0.15) is 17.1 Å². The van der Waals surface area contributed by atoms with Crippen LogP contribution in [-0.4, -0.2) is 5.11 Å². The van der Waals surface area contributed by atoms with Crippen LogP contribution >= 0.6 is 0 Å². The van der Waals surface area contributed by atoms with Gasteiger partial charge in [-0.2, -0.15) is 0 Å². The Morgan fingerprint density at radius 3 is 2.86 bits per heavy atom. The lowest BCUT2D eigenvalue weighted by atomic mass is 10.1. The predicted octanol–water partition coefficient (Wildman–Crippen LogP) is 3.48. The maximum Gasteiger partial charge on any atom is 0.138 e. The van der Waals surface area contributed by atoms with E-state index in [1.54, 1.807) is 12.1 Å². The lowest BCUT2D eigenvalue weighted by molar-refractivity contribution is 0.474. The van der Waals surface area contributed by atoms with Crippen LogP contribution in [0.2, 0.25) is 0 Å². The van der Waals surface area contributed by atoms with Crippen LogP contribution in [0.25, 0.3) is 17.0 Å². The summed E-state index contributed by atoms with van der Waals surface area (Å²) in [5.41, 5.74) is 1.82. The summed E-state index contributed by atoms with van der Waals surface area (Å²) in [5.74, 6) is 1.11. The van der Waals surface area contributed by atoms with Crippen molar-refractivity contribution in [2.24, 2.45) is 0 Å². The zero-order chi connectivity index (χ0) is 10.1. The molecule has 0 bridgehead atoms. The summed E-state index contributed by atoms with van der Waals surface area (Å²) >= 11 is 0. The highest BCUT2D eigenvalue weighted by atomic mass is 16.3. The number of rotatable bonds is 1. The molecular weight excluding hydrogens is 176 g/mol. The van der Waals surface area contributed by atoms with Gasteiger partial charge in [-0.3, -0.25) is 0 Å². The molecule has 1 aromatic heterocycles. The number of hydrogen-bond acceptors (Lipinski definition) is 2. The molecule has 2 aromatic rings. The minimum absolute atomic E-state index is 0.235. The summed E-state index contributed by atoms with van der Waals surface area (Å²) in [6, 6.07) is 5.18. The van der Waals surface area contributed by atoms with Crippen LogP contribution in [0.4, 0.5) is 0 Å². The van der Waals surface area contributed by atoms with Gasteiger partial charge in [-0.25, -0.2) is 0 Å². The molecule has 1 N–H and O–H groups in total. The van der Waals surface area contributed by atoms with E-state index in [-0.39, 0.29) is 5.75 Å². The maximum atomic E-state index is 9.28. The predicted molar refractivity (Wildman–Crippen MR) is 57.3 cm³/mol. The Morgan fingerprint density at radius 1 is 1.36 bits per heavy atom. The van der Waals surface area contributed by atoms with Crippen LogP contribution in [0.15, 0.2) is 28.7 Å². The Labute approximate surface area is 82.5 Å². The maximum absolute atomic E-state index is 9.28. The van der Waals surface area contributed by atoms with Crippen molar-refractivity contribution in [2.45, 2.75) is 13.8 Å². The van der Waals surface area contributed by atoms with Gasteiger partial charge in [-0.15, -0.1) is 0 Å². The largest absolute Gasteiger partial charge is 0.508 e. The fraction of sp³-hybridized carbons (Fsp3) is 0.167. The lowest BCUT2D eigenvalue weighted by Crippen LogP contribution is -1.71. The number of furan rings is 1. The first-order valence-electron chi connectivity index (χ1n) is 4.57. The Bertz CT molecular complexity index is 492. The van der Waals surface area contributed by atoms with Gasteiger partial charge >= 0.3 is 0 Å². The fourth-order valence-electron chi connectivity index (χ4n) is 1.60. The molecule has 0 aliphatic carbocycles. The topological polar surface area (TPSA) is 33.4 Å². The fourth-order valence-corrected chi connectivity index (χ4v) is 1.60. The number of aromatic hydroxyl groups is 1. The Morgan fingerprint density at radius 2 is 2.14 bits per heavy atom. The molecule has 0 spiro atoms. The van der Waals surface area contributed by atoms with Crippen molar-refractivity contribution in [3.05, 3.63) is 35.6 Å². The Kier molecular flexibility index (Phi) is 2.04. The first-order chi connectivity index (χ1) is 6.72. The summed E-state index contributed by atoms with van der Waals surface area (Å²) in [4.78, 5) is 0. The summed E-state index contributed by atoms with van der Waals surface area (Å²) in [6.45, 7) is 3.89. The van der Waals surface area contributed by atoms with Crippen molar-refractivity contribution in [1.29, 1.82) is 0 Å². The zero-order valence-corrected chi connectivity index (χ0v) is 8.24. The van der Waals surface area contributed by atoms with E-state index in [1.807, 2.05) is 32.1 Å². The number of fused-ring (bicyclic) bond motifs is 1. The van der Waals surface area contributed by atoms with Gasteiger partial charge in [0.25, 0.3) is 0 Å². The molecule has 2 heteroatoms. The third-order valence-electron chi connectivity index (χ3n) is 2.23. The van der Waals surface area contributed by atoms with Gasteiger partial charge in [0.05, 0.1) is 0 Å². The van der Waals surface area contributed by atoms with Crippen molar-refractivity contribution >= 4 is 17.0 Å². The van der Waals surface area contributed by atoms with E-state index in [9.17, 15) is 5.11 Å². The monoisotopic (exact) mass is 188 g/mol. The molecule has 0 atom stereocenters. The van der Waals surface area contributed by atoms with Crippen LogP contribution in [0.5, 0.6) is 5.75 Å². The van der Waals surface area contributed by atoms with Crippen molar-refractivity contribution in [2.75, 3.05) is 0 Å². The van der Waals surface area contributed by atoms with E-state index in [1.165, 1.54) is 0 Å². The molecule has 1 heterocycles. The van der Waals surface area contributed by atoms with E-state index in [0.29, 0.717) is 0 Å². The van der Waals surface area contributed by atoms with Gasteiger partial charge in [-0.05, 0) is 26.0 Å². The molecule has 0 saturated carbocycles. The third-order valence-corrected chi connectivity index (χ3v) is 2.23. The molecule has 0 unspecified atom stereocenters. The van der Waals surface area contributed by atoms with Gasteiger partial charge in [0.2, 0.25) is 0 Å². The number of hydrogen-bond donors (Lipinski definition) is 1. The molecule has 0 radical (unpaired) electrons. The van der Waals surface area contributed by atoms with Crippen molar-refractivity contribution in [3.8, 4) is 5.75 Å². The van der Waals surface area contributed by atoms with Crippen molar-refractivity contribution < 1.29 is 9.52 Å². The summed E-state index contributed by atoms with van der Waals surface area (Å²) in [7, 11) is 0. The molecule has 0 aliphatic rings. The number of allylic oxidation sites excluding steroid dienone is 1. The van der Waals surface area contributed by atoms with Crippen molar-refractivity contribution in [1.82, 2.24) is 0 Å². The SMILES string of the molecule is C/C=C\c1c(C)oc2cc(O)ccc12. The van der Waals surface area contributed by atoms with Gasteiger partial charge in [0, 0.05) is 17.0 Å². The third kappa shape index (κ3) is 1.29. The highest BCUT2D eigenvalue weighted by molar-refractivity contribution is 5.89. The summed E-state index contributed by atoms with van der Waals surface area (Å²) in [6.07, 6.45) is 3.99. The average Bonchev–Trinajstić information content (AvgIpc) is 2.43. The quantitative estimate of drug-likeness (QED) is 0.743. The molecule has 14 heavy (non-hydrogen) atoms. The highest BCUT2D eigenvalue weighted by Gasteiger charge is 2.07. The Hall–Kier alpha value is -1.70. The molecule has 0 aliphatic heterocycles. The average molecular weight is 188 g/mol. The Balaban J connectivity index is 2.77. The van der Waals surface area contributed by atoms with Gasteiger partial charge < -0.3 is 9.52 Å². The van der Waals surface area contributed by atoms with Crippen LogP contribution < -0.4 is 0 Å². The first-order valence-corrected chi connectivity index (χ1v) is 4.57. The smallest absolute Gasteiger partial charge is 0.138 e. The minimum atomic E-state index is 0.235.